The molecule has 196 valence electrons. The van der Waals surface area contributed by atoms with Crippen molar-refractivity contribution in [2.75, 3.05) is 10.8 Å². The Balaban J connectivity index is 1.99. The van der Waals surface area contributed by atoms with Gasteiger partial charge in [0.1, 0.15) is 12.6 Å². The van der Waals surface area contributed by atoms with Gasteiger partial charge >= 0.3 is 0 Å². The number of benzene rings is 3. The molecule has 0 radical (unpaired) electrons. The van der Waals surface area contributed by atoms with Crippen LogP contribution in [0.5, 0.6) is 0 Å². The molecule has 9 heteroatoms. The number of sulfonamides is 1. The van der Waals surface area contributed by atoms with Gasteiger partial charge in [-0.3, -0.25) is 13.9 Å². The highest BCUT2D eigenvalue weighted by atomic mass is 127. The Hall–Kier alpha value is -2.92. The van der Waals surface area contributed by atoms with Gasteiger partial charge in [0.2, 0.25) is 11.8 Å². The van der Waals surface area contributed by atoms with Crippen molar-refractivity contribution in [3.05, 3.63) is 94.1 Å². The van der Waals surface area contributed by atoms with Crippen LogP contribution in [-0.4, -0.2) is 43.8 Å². The number of carbonyl (C=O) groups is 2. The highest BCUT2D eigenvalue weighted by Gasteiger charge is 2.32. The topological polar surface area (TPSA) is 86.8 Å². The summed E-state index contributed by atoms with van der Waals surface area (Å²) < 4.78 is 29.4. The zero-order valence-electron chi connectivity index (χ0n) is 21.2. The van der Waals surface area contributed by atoms with Gasteiger partial charge in [-0.05, 0) is 84.8 Å². The van der Waals surface area contributed by atoms with Gasteiger partial charge < -0.3 is 10.2 Å². The lowest BCUT2D eigenvalue weighted by molar-refractivity contribution is -0.139. The zero-order valence-corrected chi connectivity index (χ0v) is 24.1. The van der Waals surface area contributed by atoms with Crippen LogP contribution in [0.1, 0.15) is 32.8 Å². The molecular formula is C28H32IN3O4S. The smallest absolute Gasteiger partial charge is 0.264 e. The maximum absolute atomic E-state index is 13.8. The fourth-order valence-electron chi connectivity index (χ4n) is 3.68. The van der Waals surface area contributed by atoms with E-state index >= 15 is 0 Å². The number of nitrogens with zero attached hydrogens (tertiary/aromatic N) is 2. The molecule has 0 aliphatic heterocycles. The van der Waals surface area contributed by atoms with Gasteiger partial charge in [0.15, 0.2) is 0 Å². The first-order chi connectivity index (χ1) is 17.6. The zero-order chi connectivity index (χ0) is 27.0. The molecule has 3 aromatic carbocycles. The van der Waals surface area contributed by atoms with Gasteiger partial charge in [-0.25, -0.2) is 8.42 Å². The van der Waals surface area contributed by atoms with Crippen LogP contribution in [0.25, 0.3) is 0 Å². The van der Waals surface area contributed by atoms with E-state index in [-0.39, 0.29) is 23.4 Å². The minimum Gasteiger partial charge on any atom is -0.352 e. The van der Waals surface area contributed by atoms with E-state index in [9.17, 15) is 18.0 Å². The van der Waals surface area contributed by atoms with Crippen molar-refractivity contribution in [1.29, 1.82) is 0 Å². The minimum atomic E-state index is -4.05. The molecule has 0 fully saturated rings. The monoisotopic (exact) mass is 633 g/mol. The average Bonchev–Trinajstić information content (AvgIpc) is 2.91. The van der Waals surface area contributed by atoms with Gasteiger partial charge in [0.25, 0.3) is 10.0 Å². The van der Waals surface area contributed by atoms with Crippen LogP contribution in [-0.2, 0) is 26.2 Å². The number of rotatable bonds is 11. The molecule has 0 heterocycles. The number of anilines is 1. The first kappa shape index (κ1) is 28.6. The van der Waals surface area contributed by atoms with Gasteiger partial charge in [-0.1, -0.05) is 55.5 Å². The molecular weight excluding hydrogens is 601 g/mol. The van der Waals surface area contributed by atoms with Crippen molar-refractivity contribution in [3.8, 4) is 0 Å². The largest absolute Gasteiger partial charge is 0.352 e. The Morgan fingerprint density at radius 2 is 1.46 bits per heavy atom. The van der Waals surface area contributed by atoms with Gasteiger partial charge in [-0.2, -0.15) is 0 Å². The molecule has 2 amide bonds. The van der Waals surface area contributed by atoms with Crippen molar-refractivity contribution >= 4 is 50.1 Å². The molecule has 0 unspecified atom stereocenters. The van der Waals surface area contributed by atoms with Crippen molar-refractivity contribution in [2.24, 2.45) is 0 Å². The van der Waals surface area contributed by atoms with Crippen molar-refractivity contribution in [3.63, 3.8) is 0 Å². The van der Waals surface area contributed by atoms with Gasteiger partial charge in [0.05, 0.1) is 10.6 Å². The lowest BCUT2D eigenvalue weighted by atomic mass is 10.1. The van der Waals surface area contributed by atoms with E-state index < -0.39 is 28.5 Å². The van der Waals surface area contributed by atoms with E-state index in [4.69, 9.17) is 0 Å². The third-order valence-electron chi connectivity index (χ3n) is 6.09. The highest BCUT2D eigenvalue weighted by molar-refractivity contribution is 14.1. The second-order valence-corrected chi connectivity index (χ2v) is 11.9. The van der Waals surface area contributed by atoms with E-state index in [1.54, 1.807) is 49.4 Å². The Morgan fingerprint density at radius 3 is 2.03 bits per heavy atom. The second kappa shape index (κ2) is 13.0. The third kappa shape index (κ3) is 7.54. The van der Waals surface area contributed by atoms with Crippen molar-refractivity contribution in [1.82, 2.24) is 10.2 Å². The summed E-state index contributed by atoms with van der Waals surface area (Å²) in [5.74, 6) is -0.765. The standard InChI is InChI=1S/C28H32IN3O4S/c1-4-21(2)30-28(34)22(3)31(19-23-11-7-5-8-12-23)27(33)20-32(25-17-15-24(29)16-18-25)37(35,36)26-13-9-6-10-14-26/h5-18,21-22H,4,19-20H2,1-3H3,(H,30,34)/t21-,22-/m1/s1. The lowest BCUT2D eigenvalue weighted by Gasteiger charge is -2.32. The second-order valence-electron chi connectivity index (χ2n) is 8.80. The summed E-state index contributed by atoms with van der Waals surface area (Å²) in [6.45, 7) is 5.25. The predicted octanol–water partition coefficient (Wildman–Crippen LogP) is 4.82. The molecule has 3 rings (SSSR count). The number of hydrogen-bond donors (Lipinski definition) is 1. The minimum absolute atomic E-state index is 0.0506. The van der Waals surface area contributed by atoms with E-state index in [0.717, 1.165) is 19.9 Å². The molecule has 0 saturated carbocycles. The van der Waals surface area contributed by atoms with E-state index in [1.165, 1.54) is 17.0 Å². The summed E-state index contributed by atoms with van der Waals surface area (Å²) in [5.41, 5.74) is 1.21. The molecule has 1 N–H and O–H groups in total. The number of amides is 2. The summed E-state index contributed by atoms with van der Waals surface area (Å²) in [6.07, 6.45) is 0.751. The summed E-state index contributed by atoms with van der Waals surface area (Å²) in [5, 5.41) is 2.93. The summed E-state index contributed by atoms with van der Waals surface area (Å²) in [6, 6.07) is 23.4. The summed E-state index contributed by atoms with van der Waals surface area (Å²) in [7, 11) is -4.05. The number of nitrogens with one attached hydrogen (secondary N) is 1. The van der Waals surface area contributed by atoms with Crippen LogP contribution in [0.3, 0.4) is 0 Å². The fourth-order valence-corrected chi connectivity index (χ4v) is 5.48. The maximum atomic E-state index is 13.8. The number of halogens is 1. The average molecular weight is 634 g/mol. The van der Waals surface area contributed by atoms with E-state index in [0.29, 0.717) is 5.69 Å². The van der Waals surface area contributed by atoms with Crippen LogP contribution in [0.15, 0.2) is 89.8 Å². The predicted molar refractivity (Wildman–Crippen MR) is 154 cm³/mol. The molecule has 37 heavy (non-hydrogen) atoms. The highest BCUT2D eigenvalue weighted by Crippen LogP contribution is 2.25. The first-order valence-electron chi connectivity index (χ1n) is 12.1. The number of carbonyl (C=O) groups excluding carboxylic acids is 2. The SMILES string of the molecule is CC[C@@H](C)NC(=O)[C@@H](C)N(Cc1ccccc1)C(=O)CN(c1ccc(I)cc1)S(=O)(=O)c1ccccc1. The van der Waals surface area contributed by atoms with E-state index in [2.05, 4.69) is 27.9 Å². The van der Waals surface area contributed by atoms with E-state index in [1.807, 2.05) is 44.2 Å². The quantitative estimate of drug-likeness (QED) is 0.307. The molecule has 0 aliphatic carbocycles. The molecule has 7 nitrogen and oxygen atoms in total. The third-order valence-corrected chi connectivity index (χ3v) is 8.60. The Bertz CT molecular complexity index is 1290. The Morgan fingerprint density at radius 1 is 0.892 bits per heavy atom. The summed E-state index contributed by atoms with van der Waals surface area (Å²) in [4.78, 5) is 28.4. The molecule has 0 bridgehead atoms. The molecule has 0 aliphatic rings. The van der Waals surface area contributed by atoms with Crippen LogP contribution >= 0.6 is 22.6 Å². The molecule has 0 saturated heterocycles. The molecule has 0 aromatic heterocycles. The van der Waals surface area contributed by atoms with Crippen LogP contribution < -0.4 is 9.62 Å². The Labute approximate surface area is 233 Å². The normalized spacial score (nSPS) is 12.9. The maximum Gasteiger partial charge on any atom is 0.264 e. The van der Waals surface area contributed by atoms with Gasteiger partial charge in [0, 0.05) is 16.2 Å². The summed E-state index contributed by atoms with van der Waals surface area (Å²) >= 11 is 2.14. The van der Waals surface area contributed by atoms with Crippen molar-refractivity contribution in [2.45, 2.75) is 50.7 Å². The molecule has 3 aromatic rings. The van der Waals surface area contributed by atoms with Crippen LogP contribution in [0.4, 0.5) is 5.69 Å². The first-order valence-corrected chi connectivity index (χ1v) is 14.6. The fraction of sp³-hybridized carbons (Fsp3) is 0.286. The number of hydrogen-bond acceptors (Lipinski definition) is 4. The molecule has 0 spiro atoms. The van der Waals surface area contributed by atoms with Crippen LogP contribution in [0, 0.1) is 3.57 Å². The molecule has 2 atom stereocenters. The van der Waals surface area contributed by atoms with Crippen LogP contribution in [0.2, 0.25) is 0 Å². The lowest BCUT2D eigenvalue weighted by Crippen LogP contribution is -2.52. The van der Waals surface area contributed by atoms with Gasteiger partial charge in [-0.15, -0.1) is 0 Å². The van der Waals surface area contributed by atoms with Crippen molar-refractivity contribution < 1.29 is 18.0 Å². The Kier molecular flexibility index (Phi) is 10.1.